The maximum atomic E-state index is 6.46. The molecular weight excluding hydrogens is 364 g/mol. The normalized spacial score (nSPS) is 10.7. The number of aryl methyl sites for hydroxylation is 1. The van der Waals surface area contributed by atoms with Crippen LogP contribution in [0.5, 0.6) is 11.5 Å². The molecule has 0 aliphatic heterocycles. The molecule has 0 fully saturated rings. The summed E-state index contributed by atoms with van der Waals surface area (Å²) in [5.41, 5.74) is 15.9. The van der Waals surface area contributed by atoms with Gasteiger partial charge in [0.15, 0.2) is 5.82 Å². The summed E-state index contributed by atoms with van der Waals surface area (Å²) in [6.45, 7) is 2.18. The lowest BCUT2D eigenvalue weighted by molar-refractivity contribution is 0.394. The Balaban J connectivity index is 2.24. The van der Waals surface area contributed by atoms with Gasteiger partial charge in [-0.25, -0.2) is 9.97 Å². The second-order valence-corrected chi connectivity index (χ2v) is 6.46. The summed E-state index contributed by atoms with van der Waals surface area (Å²) >= 11 is 6.46. The topological polar surface area (TPSA) is 96.3 Å². The number of halogens is 1. The standard InChI is InChI=1S/C20H21ClN4O2/c1-11-4-5-15(17(21)6-11)18-16(10-22)19(23)25-20(24-18)12-7-13(26-2)9-14(8-12)27-3/h4-9H,10,22H2,1-3H3,(H2,23,24,25). The van der Waals surface area contributed by atoms with Gasteiger partial charge in [0.2, 0.25) is 0 Å². The SMILES string of the molecule is COc1cc(OC)cc(-c2nc(N)c(CN)c(-c3ccc(C)cc3Cl)n2)c1. The molecule has 4 N–H and O–H groups in total. The second kappa shape index (κ2) is 7.82. The molecule has 2 aromatic carbocycles. The molecular formula is C20H21ClN4O2. The minimum absolute atomic E-state index is 0.201. The Hall–Kier alpha value is -2.83. The summed E-state index contributed by atoms with van der Waals surface area (Å²) < 4.78 is 10.7. The van der Waals surface area contributed by atoms with Crippen molar-refractivity contribution in [2.75, 3.05) is 20.0 Å². The van der Waals surface area contributed by atoms with Crippen molar-refractivity contribution in [3.8, 4) is 34.1 Å². The number of nitrogen functional groups attached to an aromatic ring is 1. The number of nitrogens with zero attached hydrogens (tertiary/aromatic N) is 2. The number of hydrogen-bond donors (Lipinski definition) is 2. The Morgan fingerprint density at radius 3 is 2.22 bits per heavy atom. The molecule has 140 valence electrons. The Morgan fingerprint density at radius 2 is 1.67 bits per heavy atom. The zero-order chi connectivity index (χ0) is 19.6. The van der Waals surface area contributed by atoms with Gasteiger partial charge in [-0.3, -0.25) is 0 Å². The molecule has 0 unspecified atom stereocenters. The summed E-state index contributed by atoms with van der Waals surface area (Å²) in [5.74, 6) is 2.01. The maximum absolute atomic E-state index is 6.46. The molecule has 0 aliphatic rings. The van der Waals surface area contributed by atoms with Crippen molar-refractivity contribution in [1.82, 2.24) is 9.97 Å². The van der Waals surface area contributed by atoms with Crippen LogP contribution < -0.4 is 20.9 Å². The molecule has 0 saturated carbocycles. The van der Waals surface area contributed by atoms with E-state index < -0.39 is 0 Å². The molecule has 0 atom stereocenters. The van der Waals surface area contributed by atoms with Crippen LogP contribution in [0.1, 0.15) is 11.1 Å². The van der Waals surface area contributed by atoms with Gasteiger partial charge in [-0.15, -0.1) is 0 Å². The molecule has 3 rings (SSSR count). The molecule has 0 radical (unpaired) electrons. The Morgan fingerprint density at radius 1 is 1.00 bits per heavy atom. The van der Waals surface area contributed by atoms with E-state index in [-0.39, 0.29) is 6.54 Å². The molecule has 1 heterocycles. The van der Waals surface area contributed by atoms with Crippen LogP contribution in [0.25, 0.3) is 22.6 Å². The van der Waals surface area contributed by atoms with Crippen LogP contribution in [-0.2, 0) is 6.54 Å². The first-order valence-corrected chi connectivity index (χ1v) is 8.71. The number of benzene rings is 2. The van der Waals surface area contributed by atoms with Crippen LogP contribution in [0.4, 0.5) is 5.82 Å². The third-order valence-electron chi connectivity index (χ3n) is 4.23. The molecule has 0 aliphatic carbocycles. The highest BCUT2D eigenvalue weighted by Gasteiger charge is 2.17. The predicted molar refractivity (Wildman–Crippen MR) is 108 cm³/mol. The van der Waals surface area contributed by atoms with E-state index in [2.05, 4.69) is 4.98 Å². The molecule has 0 amide bonds. The number of hydrogen-bond acceptors (Lipinski definition) is 6. The lowest BCUT2D eigenvalue weighted by Gasteiger charge is -2.14. The Bertz CT molecular complexity index is 970. The summed E-state index contributed by atoms with van der Waals surface area (Å²) in [4.78, 5) is 9.15. The smallest absolute Gasteiger partial charge is 0.162 e. The van der Waals surface area contributed by atoms with Gasteiger partial charge < -0.3 is 20.9 Å². The lowest BCUT2D eigenvalue weighted by atomic mass is 10.0. The first kappa shape index (κ1) is 18.9. The minimum Gasteiger partial charge on any atom is -0.497 e. The number of aromatic nitrogens is 2. The van der Waals surface area contributed by atoms with Crippen molar-refractivity contribution in [3.05, 3.63) is 52.5 Å². The largest absolute Gasteiger partial charge is 0.497 e. The van der Waals surface area contributed by atoms with E-state index in [9.17, 15) is 0 Å². The van der Waals surface area contributed by atoms with E-state index in [0.717, 1.165) is 11.1 Å². The van der Waals surface area contributed by atoms with E-state index in [1.807, 2.05) is 37.3 Å². The molecule has 6 nitrogen and oxygen atoms in total. The number of methoxy groups -OCH3 is 2. The Kier molecular flexibility index (Phi) is 5.48. The van der Waals surface area contributed by atoms with Gasteiger partial charge in [-0.2, -0.15) is 0 Å². The second-order valence-electron chi connectivity index (χ2n) is 6.05. The molecule has 27 heavy (non-hydrogen) atoms. The average Bonchev–Trinajstić information content (AvgIpc) is 2.67. The van der Waals surface area contributed by atoms with E-state index in [4.69, 9.17) is 37.5 Å². The third kappa shape index (κ3) is 3.82. The fourth-order valence-electron chi connectivity index (χ4n) is 2.80. The van der Waals surface area contributed by atoms with Crippen LogP contribution in [0, 0.1) is 6.92 Å². The van der Waals surface area contributed by atoms with Crippen LogP contribution >= 0.6 is 11.6 Å². The summed E-state index contributed by atoms with van der Waals surface area (Å²) in [6.07, 6.45) is 0. The van der Waals surface area contributed by atoms with E-state index in [1.54, 1.807) is 20.3 Å². The van der Waals surface area contributed by atoms with Crippen molar-refractivity contribution in [2.45, 2.75) is 13.5 Å². The number of anilines is 1. The minimum atomic E-state index is 0.201. The van der Waals surface area contributed by atoms with Gasteiger partial charge in [0, 0.05) is 29.3 Å². The maximum Gasteiger partial charge on any atom is 0.162 e. The molecule has 0 bridgehead atoms. The quantitative estimate of drug-likeness (QED) is 0.693. The highest BCUT2D eigenvalue weighted by molar-refractivity contribution is 6.33. The molecule has 0 saturated heterocycles. The zero-order valence-electron chi connectivity index (χ0n) is 15.4. The van der Waals surface area contributed by atoms with Crippen LogP contribution in [0.15, 0.2) is 36.4 Å². The Labute approximate surface area is 163 Å². The van der Waals surface area contributed by atoms with Crippen LogP contribution in [0.2, 0.25) is 5.02 Å². The predicted octanol–water partition coefficient (Wildman–Crippen LogP) is 3.83. The molecule has 0 spiro atoms. The van der Waals surface area contributed by atoms with E-state index >= 15 is 0 Å². The monoisotopic (exact) mass is 384 g/mol. The average molecular weight is 385 g/mol. The van der Waals surface area contributed by atoms with Crippen molar-refractivity contribution in [2.24, 2.45) is 5.73 Å². The molecule has 1 aromatic heterocycles. The number of rotatable bonds is 5. The van der Waals surface area contributed by atoms with E-state index in [0.29, 0.717) is 45.0 Å². The summed E-state index contributed by atoms with van der Waals surface area (Å²) in [7, 11) is 3.17. The first-order chi connectivity index (χ1) is 13.0. The summed E-state index contributed by atoms with van der Waals surface area (Å²) in [6, 6.07) is 11.2. The molecule has 7 heteroatoms. The van der Waals surface area contributed by atoms with Crippen molar-refractivity contribution in [3.63, 3.8) is 0 Å². The van der Waals surface area contributed by atoms with Gasteiger partial charge in [0.25, 0.3) is 0 Å². The number of ether oxygens (including phenoxy) is 2. The lowest BCUT2D eigenvalue weighted by Crippen LogP contribution is -2.09. The molecule has 3 aromatic rings. The number of nitrogens with two attached hydrogens (primary N) is 2. The van der Waals surface area contributed by atoms with Gasteiger partial charge in [-0.05, 0) is 30.7 Å². The van der Waals surface area contributed by atoms with Gasteiger partial charge in [-0.1, -0.05) is 23.7 Å². The van der Waals surface area contributed by atoms with Crippen molar-refractivity contribution in [1.29, 1.82) is 0 Å². The van der Waals surface area contributed by atoms with Crippen LogP contribution in [0.3, 0.4) is 0 Å². The fourth-order valence-corrected chi connectivity index (χ4v) is 3.13. The van der Waals surface area contributed by atoms with Crippen molar-refractivity contribution >= 4 is 17.4 Å². The van der Waals surface area contributed by atoms with Crippen LogP contribution in [-0.4, -0.2) is 24.2 Å². The van der Waals surface area contributed by atoms with Gasteiger partial charge >= 0.3 is 0 Å². The highest BCUT2D eigenvalue weighted by atomic mass is 35.5. The van der Waals surface area contributed by atoms with E-state index in [1.165, 1.54) is 0 Å². The summed E-state index contributed by atoms with van der Waals surface area (Å²) in [5, 5.41) is 0.581. The zero-order valence-corrected chi connectivity index (χ0v) is 16.2. The third-order valence-corrected chi connectivity index (χ3v) is 4.55. The fraction of sp³-hybridized carbons (Fsp3) is 0.200. The highest BCUT2D eigenvalue weighted by Crippen LogP contribution is 2.35. The van der Waals surface area contributed by atoms with Gasteiger partial charge in [0.1, 0.15) is 17.3 Å². The van der Waals surface area contributed by atoms with Gasteiger partial charge in [0.05, 0.1) is 24.9 Å². The first-order valence-electron chi connectivity index (χ1n) is 8.33. The van der Waals surface area contributed by atoms with Crippen molar-refractivity contribution < 1.29 is 9.47 Å².